The van der Waals surface area contributed by atoms with Gasteiger partial charge in [-0.1, -0.05) is 6.92 Å². The fraction of sp³-hybridized carbons (Fsp3) is 1.00. The highest BCUT2D eigenvalue weighted by Crippen LogP contribution is 2.16. The van der Waals surface area contributed by atoms with Crippen molar-refractivity contribution in [2.45, 2.75) is 52.2 Å². The van der Waals surface area contributed by atoms with Crippen LogP contribution in [0.4, 0.5) is 0 Å². The van der Waals surface area contributed by atoms with E-state index >= 15 is 0 Å². The lowest BCUT2D eigenvalue weighted by Crippen LogP contribution is -2.52. The summed E-state index contributed by atoms with van der Waals surface area (Å²) >= 11 is 0. The Kier molecular flexibility index (Phi) is 6.64. The highest BCUT2D eigenvalue weighted by Gasteiger charge is 2.30. The number of rotatable bonds is 6. The van der Waals surface area contributed by atoms with E-state index < -0.39 is 10.2 Å². The lowest BCUT2D eigenvalue weighted by molar-refractivity contribution is -0.0443. The van der Waals surface area contributed by atoms with E-state index in [9.17, 15) is 8.42 Å². The molecule has 6 nitrogen and oxygen atoms in total. The van der Waals surface area contributed by atoms with Crippen molar-refractivity contribution in [1.29, 1.82) is 0 Å². The van der Waals surface area contributed by atoms with Crippen molar-refractivity contribution in [3.63, 3.8) is 0 Å². The van der Waals surface area contributed by atoms with Crippen LogP contribution in [-0.2, 0) is 14.9 Å². The van der Waals surface area contributed by atoms with Gasteiger partial charge in [0.15, 0.2) is 0 Å². The van der Waals surface area contributed by atoms with Crippen molar-refractivity contribution in [3.8, 4) is 0 Å². The zero-order chi connectivity index (χ0) is 16.2. The van der Waals surface area contributed by atoms with E-state index in [2.05, 4.69) is 16.5 Å². The fourth-order valence-electron chi connectivity index (χ4n) is 3.41. The Morgan fingerprint density at radius 2 is 1.82 bits per heavy atom. The minimum Gasteiger partial charge on any atom is -0.373 e. The predicted molar refractivity (Wildman–Crippen MR) is 88.0 cm³/mol. The van der Waals surface area contributed by atoms with Gasteiger partial charge in [0, 0.05) is 26.2 Å². The first-order chi connectivity index (χ1) is 10.4. The zero-order valence-corrected chi connectivity index (χ0v) is 14.9. The molecule has 130 valence electrons. The second kappa shape index (κ2) is 8.06. The van der Waals surface area contributed by atoms with Crippen LogP contribution in [0.3, 0.4) is 0 Å². The van der Waals surface area contributed by atoms with Gasteiger partial charge in [0.25, 0.3) is 10.2 Å². The highest BCUT2D eigenvalue weighted by molar-refractivity contribution is 7.87. The molecule has 2 rings (SSSR count). The summed E-state index contributed by atoms with van der Waals surface area (Å²) in [5.74, 6) is 0.766. The lowest BCUT2D eigenvalue weighted by Gasteiger charge is -2.34. The molecule has 0 spiro atoms. The smallest absolute Gasteiger partial charge is 0.279 e. The molecule has 22 heavy (non-hydrogen) atoms. The lowest BCUT2D eigenvalue weighted by atomic mass is 10.0. The van der Waals surface area contributed by atoms with Gasteiger partial charge in [-0.05, 0) is 52.1 Å². The average Bonchev–Trinajstić information content (AvgIpc) is 2.43. The number of nitrogens with zero attached hydrogens (tertiary/aromatic N) is 2. The van der Waals surface area contributed by atoms with Gasteiger partial charge in [0.1, 0.15) is 0 Å². The number of likely N-dealkylation sites (tertiary alicyclic amines) is 1. The molecule has 0 aromatic heterocycles. The molecule has 2 heterocycles. The third kappa shape index (κ3) is 5.45. The molecule has 7 heteroatoms. The number of piperidine rings is 1. The molecule has 1 N–H and O–H groups in total. The van der Waals surface area contributed by atoms with Gasteiger partial charge >= 0.3 is 0 Å². The van der Waals surface area contributed by atoms with Crippen LogP contribution in [0.2, 0.25) is 0 Å². The molecule has 0 saturated carbocycles. The third-order valence-electron chi connectivity index (χ3n) is 4.40. The second-order valence-corrected chi connectivity index (χ2v) is 8.63. The van der Waals surface area contributed by atoms with E-state index in [1.54, 1.807) is 0 Å². The molecule has 0 amide bonds. The van der Waals surface area contributed by atoms with Crippen LogP contribution in [0.25, 0.3) is 0 Å². The van der Waals surface area contributed by atoms with E-state index in [-0.39, 0.29) is 12.2 Å². The summed E-state index contributed by atoms with van der Waals surface area (Å²) in [6, 6.07) is 0. The number of nitrogens with one attached hydrogen (secondary N) is 1. The summed E-state index contributed by atoms with van der Waals surface area (Å²) in [7, 11) is -3.38. The highest BCUT2D eigenvalue weighted by atomic mass is 32.2. The van der Waals surface area contributed by atoms with Crippen molar-refractivity contribution in [2.24, 2.45) is 5.92 Å². The first kappa shape index (κ1) is 18.1. The number of hydrogen-bond donors (Lipinski definition) is 1. The van der Waals surface area contributed by atoms with Gasteiger partial charge in [-0.2, -0.15) is 12.7 Å². The van der Waals surface area contributed by atoms with Gasteiger partial charge < -0.3 is 9.64 Å². The number of morpholine rings is 1. The number of hydrogen-bond acceptors (Lipinski definition) is 4. The van der Waals surface area contributed by atoms with E-state index in [0.29, 0.717) is 19.6 Å². The van der Waals surface area contributed by atoms with E-state index in [1.807, 2.05) is 13.8 Å². The fourth-order valence-corrected chi connectivity index (χ4v) is 4.81. The van der Waals surface area contributed by atoms with Crippen LogP contribution >= 0.6 is 0 Å². The van der Waals surface area contributed by atoms with Crippen LogP contribution < -0.4 is 4.72 Å². The molecule has 2 aliphatic heterocycles. The molecule has 2 fully saturated rings. The molecule has 3 atom stereocenters. The first-order valence-corrected chi connectivity index (χ1v) is 9.93. The molecule has 0 bridgehead atoms. The molecular weight excluding hydrogens is 302 g/mol. The Bertz CT molecular complexity index is 433. The maximum atomic E-state index is 12.3. The summed E-state index contributed by atoms with van der Waals surface area (Å²) in [4.78, 5) is 2.45. The van der Waals surface area contributed by atoms with Crippen molar-refractivity contribution >= 4 is 10.2 Å². The zero-order valence-electron chi connectivity index (χ0n) is 14.1. The van der Waals surface area contributed by atoms with E-state index in [0.717, 1.165) is 32.0 Å². The molecule has 2 saturated heterocycles. The maximum Gasteiger partial charge on any atom is 0.279 e. The van der Waals surface area contributed by atoms with Crippen molar-refractivity contribution in [3.05, 3.63) is 0 Å². The summed E-state index contributed by atoms with van der Waals surface area (Å²) in [6.45, 7) is 10.8. The molecule has 0 unspecified atom stereocenters. The molecule has 0 aromatic rings. The minimum absolute atomic E-state index is 0.0461. The molecule has 0 aromatic carbocycles. The monoisotopic (exact) mass is 333 g/mol. The van der Waals surface area contributed by atoms with Crippen molar-refractivity contribution in [2.75, 3.05) is 39.3 Å². The third-order valence-corrected chi connectivity index (χ3v) is 5.95. The Morgan fingerprint density at radius 3 is 2.45 bits per heavy atom. The maximum absolute atomic E-state index is 12.3. The Morgan fingerprint density at radius 1 is 1.14 bits per heavy atom. The van der Waals surface area contributed by atoms with Gasteiger partial charge in [-0.25, -0.2) is 4.72 Å². The van der Waals surface area contributed by atoms with Crippen LogP contribution in [-0.4, -0.2) is 69.1 Å². The quantitative estimate of drug-likeness (QED) is 0.738. The Labute approximate surface area is 135 Å². The van der Waals surface area contributed by atoms with E-state index in [4.69, 9.17) is 4.74 Å². The van der Waals surface area contributed by atoms with Crippen LogP contribution in [0.5, 0.6) is 0 Å². The largest absolute Gasteiger partial charge is 0.373 e. The summed E-state index contributed by atoms with van der Waals surface area (Å²) in [5.41, 5.74) is 0. The molecular formula is C15H31N3O3S. The minimum atomic E-state index is -3.38. The summed E-state index contributed by atoms with van der Waals surface area (Å²) in [5, 5.41) is 0. The van der Waals surface area contributed by atoms with Crippen molar-refractivity contribution < 1.29 is 13.2 Å². The normalized spacial score (nSPS) is 32.2. The number of ether oxygens (including phenoxy) is 1. The SMILES string of the molecule is C[C@@H]1CCCN(CCCNS(=O)(=O)N2C[C@H](C)O[C@@H](C)C2)C1. The van der Waals surface area contributed by atoms with E-state index in [1.165, 1.54) is 17.1 Å². The first-order valence-electron chi connectivity index (χ1n) is 8.49. The van der Waals surface area contributed by atoms with Gasteiger partial charge in [-0.3, -0.25) is 0 Å². The molecule has 2 aliphatic rings. The molecule has 0 radical (unpaired) electrons. The summed E-state index contributed by atoms with van der Waals surface area (Å²) in [6.07, 6.45) is 3.35. The van der Waals surface area contributed by atoms with Gasteiger partial charge in [0.05, 0.1) is 12.2 Å². The standard InChI is InChI=1S/C15H31N3O3S/c1-13-6-4-8-17(10-13)9-5-7-16-22(19,20)18-11-14(2)21-15(3)12-18/h13-16H,4-12H2,1-3H3/t13-,14+,15+/m1/s1. The average molecular weight is 333 g/mol. The van der Waals surface area contributed by atoms with Crippen LogP contribution in [0, 0.1) is 5.92 Å². The van der Waals surface area contributed by atoms with Crippen molar-refractivity contribution in [1.82, 2.24) is 13.9 Å². The Hall–Kier alpha value is -0.210. The van der Waals surface area contributed by atoms with Gasteiger partial charge in [-0.15, -0.1) is 0 Å². The topological polar surface area (TPSA) is 61.9 Å². The van der Waals surface area contributed by atoms with Gasteiger partial charge in [0.2, 0.25) is 0 Å². The molecule has 0 aliphatic carbocycles. The van der Waals surface area contributed by atoms with Crippen LogP contribution in [0.1, 0.15) is 40.0 Å². The summed E-state index contributed by atoms with van der Waals surface area (Å²) < 4.78 is 34.5. The predicted octanol–water partition coefficient (Wildman–Crippen LogP) is 1.05. The van der Waals surface area contributed by atoms with Crippen LogP contribution in [0.15, 0.2) is 0 Å². The Balaban J connectivity index is 1.71. The second-order valence-electron chi connectivity index (χ2n) is 6.88.